The van der Waals surface area contributed by atoms with Crippen molar-refractivity contribution in [2.24, 2.45) is 0 Å². The minimum Gasteiger partial charge on any atom is -0.491 e. The molecule has 1 fully saturated rings. The lowest BCUT2D eigenvalue weighted by Gasteiger charge is -2.19. The van der Waals surface area contributed by atoms with Crippen molar-refractivity contribution in [2.75, 3.05) is 6.61 Å². The molecule has 2 rings (SSSR count). The number of benzene rings is 1. The Morgan fingerprint density at radius 2 is 1.83 bits per heavy atom. The summed E-state index contributed by atoms with van der Waals surface area (Å²) in [5.74, 6) is 1.31. The molecule has 4 nitrogen and oxygen atoms in total. The third kappa shape index (κ3) is 5.31. The van der Waals surface area contributed by atoms with Gasteiger partial charge in [0.25, 0.3) is 0 Å². The maximum atomic E-state index is 12.3. The molecule has 0 N–H and O–H groups in total. The molecule has 126 valence electrons. The highest BCUT2D eigenvalue weighted by Crippen LogP contribution is 2.29. The van der Waals surface area contributed by atoms with Gasteiger partial charge in [0.1, 0.15) is 11.5 Å². The van der Waals surface area contributed by atoms with E-state index >= 15 is 0 Å². The van der Waals surface area contributed by atoms with Crippen LogP contribution >= 0.6 is 0 Å². The quantitative estimate of drug-likeness (QED) is 0.436. The number of allylic oxidation sites excluding steroid dienone is 1. The standard InChI is InChI=1S/C19H26O4/c1-4-21-19(20)18(15-9-6-5-7-10-15)23-17-12-8-11-16(13-17)22-14(2)3/h8,11-14H,4-7,9-10H2,1-3H3. The van der Waals surface area contributed by atoms with Crippen molar-refractivity contribution in [1.82, 2.24) is 0 Å². The average molecular weight is 318 g/mol. The monoisotopic (exact) mass is 318 g/mol. The fraction of sp³-hybridized carbons (Fsp3) is 0.526. The third-order valence-electron chi connectivity index (χ3n) is 3.64. The van der Waals surface area contributed by atoms with Crippen LogP contribution in [-0.4, -0.2) is 18.7 Å². The van der Waals surface area contributed by atoms with Gasteiger partial charge >= 0.3 is 5.97 Å². The maximum Gasteiger partial charge on any atom is 0.374 e. The van der Waals surface area contributed by atoms with Gasteiger partial charge < -0.3 is 14.2 Å². The van der Waals surface area contributed by atoms with Gasteiger partial charge in [0, 0.05) is 6.07 Å². The lowest BCUT2D eigenvalue weighted by atomic mass is 9.94. The molecule has 0 bridgehead atoms. The highest BCUT2D eigenvalue weighted by atomic mass is 16.6. The topological polar surface area (TPSA) is 44.8 Å². The van der Waals surface area contributed by atoms with Gasteiger partial charge in [-0.25, -0.2) is 4.79 Å². The van der Waals surface area contributed by atoms with E-state index in [0.717, 1.165) is 37.0 Å². The van der Waals surface area contributed by atoms with E-state index in [0.29, 0.717) is 18.1 Å². The zero-order chi connectivity index (χ0) is 16.7. The lowest BCUT2D eigenvalue weighted by molar-refractivity contribution is -0.141. The van der Waals surface area contributed by atoms with E-state index < -0.39 is 0 Å². The Morgan fingerprint density at radius 3 is 2.48 bits per heavy atom. The first kappa shape index (κ1) is 17.4. The first-order valence-electron chi connectivity index (χ1n) is 8.44. The van der Waals surface area contributed by atoms with Crippen LogP contribution in [0.1, 0.15) is 52.9 Å². The SMILES string of the molecule is CCOC(=O)C(Oc1cccc(OC(C)C)c1)=C1CCCCC1. The van der Waals surface area contributed by atoms with Gasteiger partial charge in [0.05, 0.1) is 12.7 Å². The molecular weight excluding hydrogens is 292 g/mol. The van der Waals surface area contributed by atoms with Gasteiger partial charge in [0.15, 0.2) is 0 Å². The Balaban J connectivity index is 2.22. The molecule has 0 unspecified atom stereocenters. The lowest BCUT2D eigenvalue weighted by Crippen LogP contribution is -2.17. The molecular formula is C19H26O4. The van der Waals surface area contributed by atoms with Gasteiger partial charge in [-0.2, -0.15) is 0 Å². The van der Waals surface area contributed by atoms with E-state index in [9.17, 15) is 4.79 Å². The second kappa shape index (κ2) is 8.61. The predicted molar refractivity (Wildman–Crippen MR) is 89.6 cm³/mol. The molecule has 0 radical (unpaired) electrons. The molecule has 0 heterocycles. The van der Waals surface area contributed by atoms with Crippen molar-refractivity contribution < 1.29 is 19.0 Å². The van der Waals surface area contributed by atoms with Crippen LogP contribution in [0.5, 0.6) is 11.5 Å². The van der Waals surface area contributed by atoms with Crippen molar-refractivity contribution in [3.8, 4) is 11.5 Å². The largest absolute Gasteiger partial charge is 0.491 e. The summed E-state index contributed by atoms with van der Waals surface area (Å²) in [5.41, 5.74) is 1.06. The first-order valence-corrected chi connectivity index (χ1v) is 8.44. The van der Waals surface area contributed by atoms with E-state index in [4.69, 9.17) is 14.2 Å². The molecule has 4 heteroatoms. The van der Waals surface area contributed by atoms with Crippen LogP contribution in [0.15, 0.2) is 35.6 Å². The number of rotatable bonds is 6. The summed E-state index contributed by atoms with van der Waals surface area (Å²) in [6.07, 6.45) is 5.28. The van der Waals surface area contributed by atoms with Crippen LogP contribution < -0.4 is 9.47 Å². The van der Waals surface area contributed by atoms with Crippen LogP contribution in [-0.2, 0) is 9.53 Å². The summed E-state index contributed by atoms with van der Waals surface area (Å²) < 4.78 is 16.8. The summed E-state index contributed by atoms with van der Waals surface area (Å²) in [5, 5.41) is 0. The van der Waals surface area contributed by atoms with Crippen LogP contribution in [0.2, 0.25) is 0 Å². The zero-order valence-electron chi connectivity index (χ0n) is 14.3. The minimum atomic E-state index is -0.375. The van der Waals surface area contributed by atoms with Crippen molar-refractivity contribution in [1.29, 1.82) is 0 Å². The highest BCUT2D eigenvalue weighted by molar-refractivity contribution is 5.87. The smallest absolute Gasteiger partial charge is 0.374 e. The summed E-state index contributed by atoms with van der Waals surface area (Å²) in [7, 11) is 0. The summed E-state index contributed by atoms with van der Waals surface area (Å²) in [6, 6.07) is 7.38. The number of ether oxygens (including phenoxy) is 3. The van der Waals surface area contributed by atoms with E-state index in [1.807, 2.05) is 38.1 Å². The second-order valence-electron chi connectivity index (χ2n) is 5.96. The maximum absolute atomic E-state index is 12.3. The van der Waals surface area contributed by atoms with Gasteiger partial charge in [-0.15, -0.1) is 0 Å². The van der Waals surface area contributed by atoms with Crippen LogP contribution in [0.3, 0.4) is 0 Å². The van der Waals surface area contributed by atoms with Crippen molar-refractivity contribution in [3.05, 3.63) is 35.6 Å². The summed E-state index contributed by atoms with van der Waals surface area (Å²) in [6.45, 7) is 6.09. The molecule has 0 atom stereocenters. The van der Waals surface area contributed by atoms with Crippen LogP contribution in [0.25, 0.3) is 0 Å². The van der Waals surface area contributed by atoms with E-state index in [-0.39, 0.29) is 12.1 Å². The van der Waals surface area contributed by atoms with E-state index in [1.165, 1.54) is 6.42 Å². The Hall–Kier alpha value is -1.97. The Labute approximate surface area is 138 Å². The average Bonchev–Trinajstić information content (AvgIpc) is 2.53. The molecule has 1 aromatic carbocycles. The van der Waals surface area contributed by atoms with E-state index in [2.05, 4.69) is 0 Å². The van der Waals surface area contributed by atoms with E-state index in [1.54, 1.807) is 6.92 Å². The Bertz CT molecular complexity index is 552. The highest BCUT2D eigenvalue weighted by Gasteiger charge is 2.21. The molecule has 1 saturated carbocycles. The van der Waals surface area contributed by atoms with Crippen molar-refractivity contribution in [2.45, 2.75) is 59.0 Å². The predicted octanol–water partition coefficient (Wildman–Crippen LogP) is 4.63. The van der Waals surface area contributed by atoms with Gasteiger partial charge in [-0.3, -0.25) is 0 Å². The Morgan fingerprint density at radius 1 is 1.13 bits per heavy atom. The molecule has 0 aromatic heterocycles. The van der Waals surface area contributed by atoms with Crippen LogP contribution in [0, 0.1) is 0 Å². The second-order valence-corrected chi connectivity index (χ2v) is 5.96. The van der Waals surface area contributed by atoms with Gasteiger partial charge in [-0.05, 0) is 64.2 Å². The zero-order valence-corrected chi connectivity index (χ0v) is 14.3. The number of hydrogen-bond acceptors (Lipinski definition) is 4. The Kier molecular flexibility index (Phi) is 6.51. The molecule has 1 aliphatic rings. The first-order chi connectivity index (χ1) is 11.1. The minimum absolute atomic E-state index is 0.0893. The van der Waals surface area contributed by atoms with Gasteiger partial charge in [-0.1, -0.05) is 12.5 Å². The fourth-order valence-electron chi connectivity index (χ4n) is 2.66. The van der Waals surface area contributed by atoms with Gasteiger partial charge in [0.2, 0.25) is 5.76 Å². The molecule has 1 aliphatic carbocycles. The molecule has 23 heavy (non-hydrogen) atoms. The molecule has 0 saturated heterocycles. The fourth-order valence-corrected chi connectivity index (χ4v) is 2.66. The number of carbonyl (C=O) groups is 1. The molecule has 0 amide bonds. The van der Waals surface area contributed by atoms with Crippen molar-refractivity contribution >= 4 is 5.97 Å². The normalized spacial score (nSPS) is 14.5. The number of carbonyl (C=O) groups excluding carboxylic acids is 1. The molecule has 1 aromatic rings. The molecule has 0 spiro atoms. The van der Waals surface area contributed by atoms with Crippen LogP contribution in [0.4, 0.5) is 0 Å². The summed E-state index contributed by atoms with van der Waals surface area (Å²) >= 11 is 0. The third-order valence-corrected chi connectivity index (χ3v) is 3.64. The summed E-state index contributed by atoms with van der Waals surface area (Å²) in [4.78, 5) is 12.3. The number of esters is 1. The van der Waals surface area contributed by atoms with Crippen molar-refractivity contribution in [3.63, 3.8) is 0 Å². The number of hydrogen-bond donors (Lipinski definition) is 0. The molecule has 0 aliphatic heterocycles.